The molecule has 9 heteroatoms. The van der Waals surface area contributed by atoms with Gasteiger partial charge in [0.15, 0.2) is 0 Å². The maximum absolute atomic E-state index is 8.64. The molecule has 0 saturated carbocycles. The molecular formula is CH5F2K3O4. The van der Waals surface area contributed by atoms with Gasteiger partial charge in [-0.05, 0) is 0 Å². The molecule has 0 atom stereocenters. The van der Waals surface area contributed by atoms with E-state index in [2.05, 4.69) is 4.89 Å². The van der Waals surface area contributed by atoms with Crippen molar-refractivity contribution in [2.45, 2.75) is 0 Å². The smallest absolute Gasteiger partial charge is 1.00 e. The molecule has 0 saturated heterocycles. The Kier molecular flexibility index (Phi) is 245. The fraction of sp³-hybridized carbons (Fsp3) is 0. The Morgan fingerprint density at radius 3 is 1.40 bits per heavy atom. The first-order valence-corrected chi connectivity index (χ1v) is 0.638. The van der Waals surface area contributed by atoms with Crippen LogP contribution in [0.2, 0.25) is 0 Å². The zero-order chi connectivity index (χ0) is 3.41. The van der Waals surface area contributed by atoms with Crippen molar-refractivity contribution in [3.05, 3.63) is 0 Å². The zero-order valence-electron chi connectivity index (χ0n) is 7.09. The van der Waals surface area contributed by atoms with Gasteiger partial charge in [-0.2, -0.15) is 0 Å². The number of hydrogen-bond acceptors (Lipinski definition) is 3. The van der Waals surface area contributed by atoms with Crippen LogP contribution in [-0.4, -0.2) is 11.9 Å². The first-order valence-electron chi connectivity index (χ1n) is 0.638. The number of rotatable bonds is 1. The minimum Gasteiger partial charge on any atom is -1.00 e. The van der Waals surface area contributed by atoms with Gasteiger partial charge in [-0.25, -0.2) is 0 Å². The Labute approximate surface area is 186 Å². The second-order valence-corrected chi connectivity index (χ2v) is 0.192. The molecule has 10 heavy (non-hydrogen) atoms. The van der Waals surface area contributed by atoms with Gasteiger partial charge in [0.05, 0.1) is 0 Å². The Hall–Kier alpha value is 4.16. The summed E-state index contributed by atoms with van der Waals surface area (Å²) < 4.78 is 0. The number of carbonyl (C=O) groups excluding carboxylic acids is 1. The fourth-order valence-corrected chi connectivity index (χ4v) is 0. The van der Waals surface area contributed by atoms with E-state index in [0.29, 0.717) is 0 Å². The molecule has 2 N–H and O–H groups in total. The quantitative estimate of drug-likeness (QED) is 0.149. The molecule has 0 heterocycles. The van der Waals surface area contributed by atoms with E-state index in [-0.39, 0.29) is 177 Å². The molecular weight excluding hydrogens is 231 g/mol. The van der Waals surface area contributed by atoms with Crippen molar-refractivity contribution in [3.8, 4) is 0 Å². The monoisotopic (exact) mass is 236 g/mol. The van der Waals surface area contributed by atoms with Crippen LogP contribution in [0.4, 0.5) is 4.70 Å². The Morgan fingerprint density at radius 2 is 1.40 bits per heavy atom. The molecule has 0 bridgehead atoms. The summed E-state index contributed by atoms with van der Waals surface area (Å²) in [6, 6.07) is 0. The van der Waals surface area contributed by atoms with Crippen LogP contribution < -0.4 is 164 Å². The largest absolute Gasteiger partial charge is 1.00 e. The predicted molar refractivity (Wildman–Crippen MR) is 14.4 cm³/mol. The van der Waals surface area contributed by atoms with Gasteiger partial charge in [0.2, 0.25) is 0 Å². The first kappa shape index (κ1) is 47.8. The van der Waals surface area contributed by atoms with Gasteiger partial charge in [0.1, 0.15) is 0 Å². The van der Waals surface area contributed by atoms with Gasteiger partial charge in [0.25, 0.3) is 6.47 Å². The number of hydrogen-bond donors (Lipinski definition) is 0. The van der Waals surface area contributed by atoms with Crippen molar-refractivity contribution in [3.63, 3.8) is 0 Å². The van der Waals surface area contributed by atoms with E-state index in [9.17, 15) is 0 Å². The zero-order valence-corrected chi connectivity index (χ0v) is 15.5. The predicted octanol–water partition coefficient (Wildman–Crippen LogP) is -14.1. The van der Waals surface area contributed by atoms with E-state index in [0.717, 1.165) is 0 Å². The van der Waals surface area contributed by atoms with Gasteiger partial charge < -0.3 is 21.8 Å². The van der Waals surface area contributed by atoms with Crippen LogP contribution in [0.5, 0.6) is 0 Å². The molecule has 0 aliphatic heterocycles. The summed E-state index contributed by atoms with van der Waals surface area (Å²) in [4.78, 5) is 11.2. The molecule has 0 aromatic heterocycles. The minimum atomic E-state index is -0.181. The Bertz CT molecular complexity index is 37.3. The van der Waals surface area contributed by atoms with Crippen molar-refractivity contribution in [1.29, 1.82) is 0 Å². The maximum atomic E-state index is 8.64. The number of halogens is 2. The average molecular weight is 236 g/mol. The normalized spacial score (nSPS) is 2.10. The summed E-state index contributed by atoms with van der Waals surface area (Å²) in [6.07, 6.45) is 0. The van der Waals surface area contributed by atoms with Gasteiger partial charge in [-0.15, -0.1) is 0 Å². The fourth-order valence-electron chi connectivity index (χ4n) is 0. The third-order valence-corrected chi connectivity index (χ3v) is 0.0393. The van der Waals surface area contributed by atoms with Gasteiger partial charge in [-0.1, -0.05) is 0 Å². The van der Waals surface area contributed by atoms with Crippen molar-refractivity contribution in [1.82, 2.24) is 0 Å². The van der Waals surface area contributed by atoms with Crippen LogP contribution in [0.3, 0.4) is 0 Å². The van der Waals surface area contributed by atoms with Crippen LogP contribution in [0.25, 0.3) is 0 Å². The minimum absolute atomic E-state index is 0. The molecule has 50 valence electrons. The van der Waals surface area contributed by atoms with Gasteiger partial charge >= 0.3 is 154 Å². The van der Waals surface area contributed by atoms with E-state index in [4.69, 9.17) is 10.1 Å². The first-order chi connectivity index (χ1) is 1.91. The molecule has 0 fully saturated rings. The molecule has 0 aromatic carbocycles. The van der Waals surface area contributed by atoms with Crippen LogP contribution in [-0.2, 0) is 9.68 Å². The molecule has 0 radical (unpaired) electrons. The van der Waals surface area contributed by atoms with Crippen molar-refractivity contribution < 1.29 is 185 Å². The summed E-state index contributed by atoms with van der Waals surface area (Å²) in [5.41, 5.74) is 0. The summed E-state index contributed by atoms with van der Waals surface area (Å²) in [6.45, 7) is -0.181. The van der Waals surface area contributed by atoms with E-state index < -0.39 is 0 Å². The van der Waals surface area contributed by atoms with Crippen LogP contribution >= 0.6 is 0 Å². The van der Waals surface area contributed by atoms with Crippen LogP contribution in [0.1, 0.15) is 1.43 Å². The molecule has 4 nitrogen and oxygen atoms in total. The summed E-state index contributed by atoms with van der Waals surface area (Å²) in [5.74, 6) is 0. The third-order valence-electron chi connectivity index (χ3n) is 0.0393. The molecule has 0 spiro atoms. The van der Waals surface area contributed by atoms with Gasteiger partial charge in [0, 0.05) is 0 Å². The number of carbonyl (C=O) groups is 1. The molecule has 0 amide bonds. The van der Waals surface area contributed by atoms with Crippen molar-refractivity contribution in [2.75, 3.05) is 0 Å². The van der Waals surface area contributed by atoms with E-state index in [1.807, 2.05) is 0 Å². The van der Waals surface area contributed by atoms with Crippen LogP contribution in [0.15, 0.2) is 0 Å². The van der Waals surface area contributed by atoms with E-state index >= 15 is 0 Å². The Morgan fingerprint density at radius 1 is 1.30 bits per heavy atom. The standard InChI is InChI=1S/CH2O3.2FH.3K.H2O.H/c2-1-4-3;;;;;;;/h1,3H;2*1H;;;;1H2;/q;;;3*+1;;-1/p-2/i;2*1-1;;;;1+2;. The maximum Gasteiger partial charge on any atom is 1.00 e. The second kappa shape index (κ2) is 51.3. The average Bonchev–Trinajstić information content (AvgIpc) is 1.37. The van der Waals surface area contributed by atoms with Crippen LogP contribution in [0, 0.1) is 0 Å². The summed E-state index contributed by atoms with van der Waals surface area (Å²) in [7, 11) is 0. The molecule has 0 aromatic rings. The SMILES string of the molecule is O=CO[O-].[18F-].[18FH].[18OH2].[H-].[K+].[K+].[K+]. The summed E-state index contributed by atoms with van der Waals surface area (Å²) >= 11 is 0. The molecule has 0 aliphatic rings. The van der Waals surface area contributed by atoms with Crippen molar-refractivity contribution in [2.24, 2.45) is 0 Å². The molecule has 0 unspecified atom stereocenters. The summed E-state index contributed by atoms with van der Waals surface area (Å²) in [5, 5.41) is 8.43. The van der Waals surface area contributed by atoms with Gasteiger partial charge in [-0.3, -0.25) is 9.50 Å². The van der Waals surface area contributed by atoms with E-state index in [1.165, 1.54) is 0 Å². The third kappa shape index (κ3) is 56.9. The molecule has 0 aliphatic carbocycles. The van der Waals surface area contributed by atoms with Crippen molar-refractivity contribution >= 4 is 6.47 Å². The Balaban J connectivity index is -0.00000000214. The molecule has 0 rings (SSSR count). The topological polar surface area (TPSA) is 80.9 Å². The van der Waals surface area contributed by atoms with E-state index in [1.54, 1.807) is 0 Å². The second-order valence-electron chi connectivity index (χ2n) is 0.192.